The van der Waals surface area contributed by atoms with Gasteiger partial charge in [0.15, 0.2) is 0 Å². The number of nitrogens with zero attached hydrogens (tertiary/aromatic N) is 2. The Kier molecular flexibility index (Phi) is 11.7. The average Bonchev–Trinajstić information content (AvgIpc) is 2.94. The molecule has 3 aromatic rings. The lowest BCUT2D eigenvalue weighted by Gasteiger charge is -2.33. The number of benzene rings is 3. The second kappa shape index (κ2) is 14.7. The summed E-state index contributed by atoms with van der Waals surface area (Å²) in [6, 6.07) is 18.2. The van der Waals surface area contributed by atoms with Gasteiger partial charge in [-0.1, -0.05) is 91.5 Å². The van der Waals surface area contributed by atoms with Crippen molar-refractivity contribution < 1.29 is 18.0 Å². The van der Waals surface area contributed by atoms with Gasteiger partial charge >= 0.3 is 0 Å². The second-order valence-corrected chi connectivity index (χ2v) is 12.2. The molecular weight excluding hydrogens is 593 g/mol. The topological polar surface area (TPSA) is 86.8 Å². The van der Waals surface area contributed by atoms with Crippen molar-refractivity contribution in [3.05, 3.63) is 93.4 Å². The molecule has 214 valence electrons. The SMILES string of the molecule is CCCCNC(=O)[C@@H](CC)N(Cc1c(Cl)cccc1Cl)C(=O)CN(c1ccccc1Cl)S(=O)(=O)c1ccccc1. The second-order valence-electron chi connectivity index (χ2n) is 9.07. The molecule has 2 amide bonds. The van der Waals surface area contributed by atoms with Gasteiger partial charge in [0.1, 0.15) is 12.6 Å². The first-order valence-corrected chi connectivity index (χ1v) is 15.5. The number of rotatable bonds is 13. The maximum absolute atomic E-state index is 14.1. The maximum atomic E-state index is 14.1. The predicted octanol–water partition coefficient (Wildman–Crippen LogP) is 6.57. The number of amides is 2. The molecule has 40 heavy (non-hydrogen) atoms. The largest absolute Gasteiger partial charge is 0.354 e. The minimum absolute atomic E-state index is 0.00670. The highest BCUT2D eigenvalue weighted by Gasteiger charge is 2.34. The summed E-state index contributed by atoms with van der Waals surface area (Å²) >= 11 is 19.3. The third kappa shape index (κ3) is 7.69. The molecule has 0 spiro atoms. The highest BCUT2D eigenvalue weighted by atomic mass is 35.5. The zero-order valence-electron chi connectivity index (χ0n) is 22.3. The molecular formula is C29H32Cl3N3O4S. The fourth-order valence-electron chi connectivity index (χ4n) is 4.17. The van der Waals surface area contributed by atoms with E-state index in [0.29, 0.717) is 22.2 Å². The number of anilines is 1. The van der Waals surface area contributed by atoms with Crippen molar-refractivity contribution in [2.75, 3.05) is 17.4 Å². The summed E-state index contributed by atoms with van der Waals surface area (Å²) in [7, 11) is -4.22. The summed E-state index contributed by atoms with van der Waals surface area (Å²) in [6.45, 7) is 3.54. The Morgan fingerprint density at radius 2 is 1.45 bits per heavy atom. The Balaban J connectivity index is 2.08. The van der Waals surface area contributed by atoms with Gasteiger partial charge in [-0.15, -0.1) is 0 Å². The molecule has 0 radical (unpaired) electrons. The Morgan fingerprint density at radius 1 is 0.850 bits per heavy atom. The molecule has 0 saturated heterocycles. The summed E-state index contributed by atoms with van der Waals surface area (Å²) in [5.41, 5.74) is 0.590. The fraction of sp³-hybridized carbons (Fsp3) is 0.310. The van der Waals surface area contributed by atoms with Crippen LogP contribution in [0.4, 0.5) is 5.69 Å². The van der Waals surface area contributed by atoms with Crippen molar-refractivity contribution >= 4 is 62.3 Å². The summed E-state index contributed by atoms with van der Waals surface area (Å²) in [6.07, 6.45) is 1.95. The summed E-state index contributed by atoms with van der Waals surface area (Å²) < 4.78 is 28.6. The lowest BCUT2D eigenvalue weighted by molar-refractivity contribution is -0.140. The lowest BCUT2D eigenvalue weighted by Crippen LogP contribution is -2.52. The van der Waals surface area contributed by atoms with Crippen LogP contribution in [0.3, 0.4) is 0 Å². The van der Waals surface area contributed by atoms with Gasteiger partial charge in [0, 0.05) is 28.7 Å². The molecule has 0 aliphatic carbocycles. The van der Waals surface area contributed by atoms with Gasteiger partial charge in [-0.3, -0.25) is 13.9 Å². The Labute approximate surface area is 251 Å². The van der Waals surface area contributed by atoms with Crippen molar-refractivity contribution in [1.29, 1.82) is 0 Å². The van der Waals surface area contributed by atoms with Crippen LogP contribution in [0.1, 0.15) is 38.7 Å². The molecule has 0 unspecified atom stereocenters. The molecule has 0 aliphatic rings. The van der Waals surface area contributed by atoms with E-state index in [4.69, 9.17) is 34.8 Å². The molecule has 0 fully saturated rings. The van der Waals surface area contributed by atoms with Crippen molar-refractivity contribution in [3.63, 3.8) is 0 Å². The summed E-state index contributed by atoms with van der Waals surface area (Å²) in [4.78, 5) is 28.7. The first-order chi connectivity index (χ1) is 19.1. The van der Waals surface area contributed by atoms with E-state index in [2.05, 4.69) is 5.32 Å². The Hall–Kier alpha value is -2.78. The molecule has 0 aromatic heterocycles. The van der Waals surface area contributed by atoms with Crippen molar-refractivity contribution in [3.8, 4) is 0 Å². The van der Waals surface area contributed by atoms with E-state index in [1.165, 1.54) is 23.1 Å². The van der Waals surface area contributed by atoms with Gasteiger partial charge in [0.05, 0.1) is 15.6 Å². The van der Waals surface area contributed by atoms with Crippen LogP contribution in [0.25, 0.3) is 0 Å². The zero-order valence-corrected chi connectivity index (χ0v) is 25.4. The van der Waals surface area contributed by atoms with Gasteiger partial charge in [-0.05, 0) is 49.2 Å². The molecule has 11 heteroatoms. The third-order valence-electron chi connectivity index (χ3n) is 6.34. The smallest absolute Gasteiger partial charge is 0.264 e. The number of hydrogen-bond donors (Lipinski definition) is 1. The number of halogens is 3. The summed E-state index contributed by atoms with van der Waals surface area (Å²) in [5.74, 6) is -0.962. The molecule has 0 heterocycles. The highest BCUT2D eigenvalue weighted by molar-refractivity contribution is 7.92. The standard InChI is InChI=1S/C29H32Cl3N3O4S/c1-3-5-18-33-29(37)26(4-2)34(19-22-23(30)15-11-16-24(22)31)28(36)20-35(27-17-10-9-14-25(27)32)40(38,39)21-12-7-6-8-13-21/h6-17,26H,3-5,18-20H2,1-2H3,(H,33,37)/t26-/m1/s1. The molecule has 0 saturated carbocycles. The first-order valence-electron chi connectivity index (χ1n) is 12.9. The van der Waals surface area contributed by atoms with Crippen LogP contribution in [-0.2, 0) is 26.2 Å². The minimum Gasteiger partial charge on any atom is -0.354 e. The lowest BCUT2D eigenvalue weighted by atomic mass is 10.1. The number of para-hydroxylation sites is 1. The van der Waals surface area contributed by atoms with E-state index >= 15 is 0 Å². The van der Waals surface area contributed by atoms with E-state index in [1.807, 2.05) is 6.92 Å². The minimum atomic E-state index is -4.22. The van der Waals surface area contributed by atoms with E-state index in [0.717, 1.165) is 17.1 Å². The molecule has 3 aromatic carbocycles. The molecule has 3 rings (SSSR count). The molecule has 1 N–H and O–H groups in total. The number of hydrogen-bond acceptors (Lipinski definition) is 4. The van der Waals surface area contributed by atoms with Crippen LogP contribution in [-0.4, -0.2) is 44.3 Å². The number of unbranched alkanes of at least 4 members (excludes halogenated alkanes) is 1. The van der Waals surface area contributed by atoms with Crippen LogP contribution in [0.15, 0.2) is 77.7 Å². The van der Waals surface area contributed by atoms with E-state index < -0.39 is 28.5 Å². The van der Waals surface area contributed by atoms with Crippen molar-refractivity contribution in [2.45, 2.75) is 50.6 Å². The zero-order chi connectivity index (χ0) is 29.3. The van der Waals surface area contributed by atoms with E-state index in [-0.39, 0.29) is 34.5 Å². The van der Waals surface area contributed by atoms with Gasteiger partial charge in [-0.25, -0.2) is 8.42 Å². The van der Waals surface area contributed by atoms with Gasteiger partial charge in [-0.2, -0.15) is 0 Å². The average molecular weight is 625 g/mol. The van der Waals surface area contributed by atoms with Crippen LogP contribution in [0.2, 0.25) is 15.1 Å². The molecule has 0 bridgehead atoms. The Morgan fingerprint density at radius 3 is 2.05 bits per heavy atom. The van der Waals surface area contributed by atoms with Crippen LogP contribution in [0.5, 0.6) is 0 Å². The van der Waals surface area contributed by atoms with Crippen molar-refractivity contribution in [2.24, 2.45) is 0 Å². The predicted molar refractivity (Wildman–Crippen MR) is 161 cm³/mol. The first kappa shape index (κ1) is 31.7. The van der Waals surface area contributed by atoms with Crippen LogP contribution >= 0.6 is 34.8 Å². The number of nitrogens with one attached hydrogen (secondary N) is 1. The quantitative estimate of drug-likeness (QED) is 0.218. The third-order valence-corrected chi connectivity index (χ3v) is 9.14. The van der Waals surface area contributed by atoms with Crippen LogP contribution < -0.4 is 9.62 Å². The van der Waals surface area contributed by atoms with E-state index in [1.54, 1.807) is 61.5 Å². The highest BCUT2D eigenvalue weighted by Crippen LogP contribution is 2.32. The van der Waals surface area contributed by atoms with E-state index in [9.17, 15) is 18.0 Å². The monoisotopic (exact) mass is 623 g/mol. The van der Waals surface area contributed by atoms with Crippen molar-refractivity contribution in [1.82, 2.24) is 10.2 Å². The number of carbonyl (C=O) groups excluding carboxylic acids is 2. The number of sulfonamides is 1. The molecule has 7 nitrogen and oxygen atoms in total. The Bertz CT molecular complexity index is 1400. The normalized spacial score (nSPS) is 12.0. The molecule has 0 aliphatic heterocycles. The summed E-state index contributed by atoms with van der Waals surface area (Å²) in [5, 5.41) is 3.69. The maximum Gasteiger partial charge on any atom is 0.264 e. The van der Waals surface area contributed by atoms with Gasteiger partial charge < -0.3 is 10.2 Å². The molecule has 1 atom stereocenters. The number of carbonyl (C=O) groups is 2. The van der Waals surface area contributed by atoms with Gasteiger partial charge in [0.2, 0.25) is 11.8 Å². The van der Waals surface area contributed by atoms with Crippen LogP contribution in [0, 0.1) is 0 Å². The van der Waals surface area contributed by atoms with Gasteiger partial charge in [0.25, 0.3) is 10.0 Å². The fourth-order valence-corrected chi connectivity index (χ4v) is 6.43.